The van der Waals surface area contributed by atoms with E-state index in [0.29, 0.717) is 0 Å². The van der Waals surface area contributed by atoms with E-state index in [9.17, 15) is 0 Å². The Labute approximate surface area is 60.3 Å². The first-order chi connectivity index (χ1) is 3.39. The molecule has 0 aromatic rings. The van der Waals surface area contributed by atoms with Crippen LogP contribution in [0.5, 0.6) is 0 Å². The van der Waals surface area contributed by atoms with Crippen molar-refractivity contribution in [3.63, 3.8) is 0 Å². The normalized spacial score (nSPS) is 22.1. The van der Waals surface area contributed by atoms with Gasteiger partial charge in [0.1, 0.15) is 0 Å². The minimum Gasteiger partial charge on any atom is -0.314 e. The van der Waals surface area contributed by atoms with Crippen LogP contribution in [0.2, 0.25) is 0 Å². The van der Waals surface area contributed by atoms with Gasteiger partial charge < -0.3 is 5.21 Å². The molecule has 1 aliphatic heterocycles. The Morgan fingerprint density at radius 3 is 1.75 bits per heavy atom. The van der Waals surface area contributed by atoms with Gasteiger partial charge in [-0.15, -0.1) is 0 Å². The van der Waals surface area contributed by atoms with Crippen molar-refractivity contribution in [2.24, 2.45) is 0 Å². The first kappa shape index (κ1) is 8.44. The predicted molar refractivity (Wildman–Crippen MR) is 27.2 cm³/mol. The molecule has 0 unspecified atom stereocenters. The molecule has 8 heavy (non-hydrogen) atoms. The van der Waals surface area contributed by atoms with E-state index in [1.54, 1.807) is 0 Å². The molecule has 1 rings (SSSR count). The molecule has 1 heterocycles. The van der Waals surface area contributed by atoms with Gasteiger partial charge in [-0.3, -0.25) is 0 Å². The van der Waals surface area contributed by atoms with E-state index >= 15 is 0 Å². The molecular weight excluding hydrogens is 154 g/mol. The van der Waals surface area contributed by atoms with Crippen LogP contribution in [0, 0.1) is 0 Å². The van der Waals surface area contributed by atoms with Crippen molar-refractivity contribution in [3.05, 3.63) is 0 Å². The number of hydrogen-bond donors (Lipinski definition) is 1. The number of piperidine rings is 1. The van der Waals surface area contributed by atoms with Gasteiger partial charge in [-0.25, -0.2) is 0 Å². The topological polar surface area (TPSA) is 23.5 Å². The Bertz CT molecular complexity index is 54.4. The Kier molecular flexibility index (Phi) is 4.57. The van der Waals surface area contributed by atoms with Gasteiger partial charge in [0, 0.05) is 30.2 Å². The summed E-state index contributed by atoms with van der Waals surface area (Å²) in [5.74, 6) is 0. The van der Waals surface area contributed by atoms with E-state index in [1.807, 2.05) is 0 Å². The third-order valence-corrected chi connectivity index (χ3v) is 1.33. The van der Waals surface area contributed by atoms with Crippen molar-refractivity contribution >= 4 is 0 Å². The van der Waals surface area contributed by atoms with Crippen LogP contribution >= 0.6 is 0 Å². The number of nitrogens with zero attached hydrogens (tertiary/aromatic N) is 1. The predicted octanol–water partition coefficient (Wildman–Crippen LogP) is 0.859. The van der Waals surface area contributed by atoms with Crippen LogP contribution in [0.3, 0.4) is 0 Å². The van der Waals surface area contributed by atoms with Crippen LogP contribution in [-0.2, 0) is 17.1 Å². The monoisotopic (exact) mass is 164 g/mol. The van der Waals surface area contributed by atoms with Gasteiger partial charge in [0.2, 0.25) is 0 Å². The fraction of sp³-hybridized carbons (Fsp3) is 1.00. The van der Waals surface area contributed by atoms with Crippen molar-refractivity contribution in [1.82, 2.24) is 5.06 Å². The Balaban J connectivity index is 0.000000490. The summed E-state index contributed by atoms with van der Waals surface area (Å²) in [4.78, 5) is 0. The number of hydroxylamine groups is 2. The van der Waals surface area contributed by atoms with Gasteiger partial charge in [0.15, 0.2) is 0 Å². The van der Waals surface area contributed by atoms with Gasteiger partial charge in [0.25, 0.3) is 0 Å². The average Bonchev–Trinajstić information content (AvgIpc) is 1.69. The van der Waals surface area contributed by atoms with Crippen LogP contribution in [0.4, 0.5) is 0 Å². The minimum atomic E-state index is 0. The average molecular weight is 165 g/mol. The molecule has 0 aromatic heterocycles. The molecule has 0 amide bonds. The molecule has 0 saturated carbocycles. The summed E-state index contributed by atoms with van der Waals surface area (Å²) in [7, 11) is 0. The quantitative estimate of drug-likeness (QED) is 0.537. The zero-order valence-electron chi connectivity index (χ0n) is 4.73. The molecule has 1 fully saturated rings. The molecule has 0 atom stereocenters. The summed E-state index contributed by atoms with van der Waals surface area (Å²) in [6.07, 6.45) is 3.62. The van der Waals surface area contributed by atoms with E-state index in [0.717, 1.165) is 25.9 Å². The van der Waals surface area contributed by atoms with E-state index < -0.39 is 0 Å². The van der Waals surface area contributed by atoms with Crippen LogP contribution in [0.15, 0.2) is 0 Å². The van der Waals surface area contributed by atoms with Crippen LogP contribution in [0.1, 0.15) is 19.3 Å². The Morgan fingerprint density at radius 2 is 1.50 bits per heavy atom. The zero-order chi connectivity index (χ0) is 5.11. The van der Waals surface area contributed by atoms with Crippen molar-refractivity contribution < 1.29 is 22.3 Å². The van der Waals surface area contributed by atoms with Gasteiger partial charge in [-0.05, 0) is 12.8 Å². The summed E-state index contributed by atoms with van der Waals surface area (Å²) in [5.41, 5.74) is 0. The fourth-order valence-electron chi connectivity index (χ4n) is 0.877. The molecule has 1 N–H and O–H groups in total. The van der Waals surface area contributed by atoms with Crippen LogP contribution < -0.4 is 0 Å². The Morgan fingerprint density at radius 1 is 1.00 bits per heavy atom. The fourth-order valence-corrected chi connectivity index (χ4v) is 0.877. The van der Waals surface area contributed by atoms with Gasteiger partial charge in [0.05, 0.1) is 0 Å². The van der Waals surface area contributed by atoms with Gasteiger partial charge >= 0.3 is 0 Å². The molecule has 0 aromatic carbocycles. The molecular formula is C5H11CuNO. The maximum atomic E-state index is 8.74. The van der Waals surface area contributed by atoms with Crippen molar-refractivity contribution in [2.45, 2.75) is 19.3 Å². The summed E-state index contributed by atoms with van der Waals surface area (Å²) in [5, 5.41) is 10.1. The van der Waals surface area contributed by atoms with Crippen molar-refractivity contribution in [3.8, 4) is 0 Å². The van der Waals surface area contributed by atoms with Crippen molar-refractivity contribution in [1.29, 1.82) is 0 Å². The molecule has 1 saturated heterocycles. The second-order valence-corrected chi connectivity index (χ2v) is 2.01. The number of rotatable bonds is 0. The summed E-state index contributed by atoms with van der Waals surface area (Å²) < 4.78 is 0. The Hall–Kier alpha value is 0.439. The molecule has 0 spiro atoms. The summed E-state index contributed by atoms with van der Waals surface area (Å²) >= 11 is 0. The van der Waals surface area contributed by atoms with Gasteiger partial charge in [-0.1, -0.05) is 6.42 Å². The van der Waals surface area contributed by atoms with E-state index in [-0.39, 0.29) is 17.1 Å². The third-order valence-electron chi connectivity index (χ3n) is 1.33. The van der Waals surface area contributed by atoms with E-state index in [1.165, 1.54) is 11.5 Å². The molecule has 0 bridgehead atoms. The maximum absolute atomic E-state index is 8.74. The molecule has 53 valence electrons. The number of hydrogen-bond acceptors (Lipinski definition) is 2. The maximum Gasteiger partial charge on any atom is 0.0238 e. The molecule has 3 heteroatoms. The smallest absolute Gasteiger partial charge is 0.0238 e. The molecule has 2 nitrogen and oxygen atoms in total. The van der Waals surface area contributed by atoms with Crippen LogP contribution in [-0.4, -0.2) is 23.4 Å². The second-order valence-electron chi connectivity index (χ2n) is 2.01. The van der Waals surface area contributed by atoms with Crippen LogP contribution in [0.25, 0.3) is 0 Å². The van der Waals surface area contributed by atoms with E-state index in [4.69, 9.17) is 5.21 Å². The first-order valence-corrected chi connectivity index (χ1v) is 2.83. The van der Waals surface area contributed by atoms with E-state index in [2.05, 4.69) is 0 Å². The summed E-state index contributed by atoms with van der Waals surface area (Å²) in [6, 6.07) is 0. The van der Waals surface area contributed by atoms with Gasteiger partial charge in [-0.2, -0.15) is 5.06 Å². The third kappa shape index (κ3) is 2.68. The molecule has 1 radical (unpaired) electrons. The zero-order valence-corrected chi connectivity index (χ0v) is 5.67. The largest absolute Gasteiger partial charge is 0.314 e. The first-order valence-electron chi connectivity index (χ1n) is 2.83. The summed E-state index contributed by atoms with van der Waals surface area (Å²) in [6.45, 7) is 1.75. The molecule has 1 aliphatic rings. The molecule has 0 aliphatic carbocycles. The SMILES string of the molecule is ON1CCCCC1.[Cu]. The minimum absolute atomic E-state index is 0. The second kappa shape index (κ2) is 4.33. The van der Waals surface area contributed by atoms with Crippen molar-refractivity contribution in [2.75, 3.05) is 13.1 Å². The standard InChI is InChI=1S/C5H11NO.Cu/c7-6-4-2-1-3-5-6;/h7H,1-5H2;.